The van der Waals surface area contributed by atoms with Crippen LogP contribution in [0.15, 0.2) is 0 Å². The number of rotatable bonds is 9. The van der Waals surface area contributed by atoms with Crippen LogP contribution in [0.1, 0.15) is 27.2 Å². The molecule has 0 spiro atoms. The van der Waals surface area contributed by atoms with Gasteiger partial charge in [0.05, 0.1) is 24.9 Å². The van der Waals surface area contributed by atoms with E-state index in [9.17, 15) is 35.7 Å². The van der Waals surface area contributed by atoms with Crippen LogP contribution in [0.3, 0.4) is 0 Å². The van der Waals surface area contributed by atoms with Crippen molar-refractivity contribution in [3.05, 3.63) is 0 Å². The first kappa shape index (κ1) is 34.2. The van der Waals surface area contributed by atoms with Gasteiger partial charge in [0.15, 0.2) is 18.9 Å². The first-order valence-corrected chi connectivity index (χ1v) is 14.6. The minimum atomic E-state index is -1.48. The number of ether oxygens (including phenoxy) is 6. The first-order valence-electron chi connectivity index (χ1n) is 14.6. The third-order valence-electron chi connectivity index (χ3n) is 9.13. The van der Waals surface area contributed by atoms with Crippen molar-refractivity contribution in [2.75, 3.05) is 19.7 Å². The molecule has 16 heteroatoms. The van der Waals surface area contributed by atoms with Crippen molar-refractivity contribution >= 4 is 0 Å². The molecule has 0 aromatic heterocycles. The van der Waals surface area contributed by atoms with Crippen molar-refractivity contribution in [1.82, 2.24) is 0 Å². The molecule has 1 aliphatic carbocycles. The molecule has 0 aromatic rings. The number of hydrogen-bond donors (Lipinski definition) is 10. The molecule has 246 valence electrons. The van der Waals surface area contributed by atoms with Crippen LogP contribution in [-0.4, -0.2) is 154 Å². The molecular formula is C26H49N3O13. The molecule has 0 radical (unpaired) electrons. The molecule has 0 amide bonds. The minimum Gasteiger partial charge on any atom is -0.394 e. The predicted molar refractivity (Wildman–Crippen MR) is 142 cm³/mol. The molecule has 4 aliphatic rings. The predicted octanol–water partition coefficient (Wildman–Crippen LogP) is -4.97. The first-order chi connectivity index (χ1) is 19.8. The van der Waals surface area contributed by atoms with Gasteiger partial charge in [-0.15, -0.1) is 0 Å². The van der Waals surface area contributed by atoms with E-state index < -0.39 is 117 Å². The zero-order chi connectivity index (χ0) is 31.0. The lowest BCUT2D eigenvalue weighted by Gasteiger charge is -2.47. The summed E-state index contributed by atoms with van der Waals surface area (Å²) < 4.78 is 35.6. The van der Waals surface area contributed by atoms with Gasteiger partial charge in [0.25, 0.3) is 0 Å². The second-order valence-electron chi connectivity index (χ2n) is 12.1. The van der Waals surface area contributed by atoms with Crippen molar-refractivity contribution in [3.63, 3.8) is 0 Å². The molecule has 4 fully saturated rings. The highest BCUT2D eigenvalue weighted by Gasteiger charge is 2.54. The summed E-state index contributed by atoms with van der Waals surface area (Å²) in [7, 11) is 0. The Labute approximate surface area is 244 Å². The van der Waals surface area contributed by atoms with Gasteiger partial charge in [-0.1, -0.05) is 20.8 Å². The lowest BCUT2D eigenvalue weighted by Crippen LogP contribution is -2.63. The number of hydrogen-bond acceptors (Lipinski definition) is 16. The zero-order valence-corrected chi connectivity index (χ0v) is 24.1. The van der Waals surface area contributed by atoms with E-state index in [1.807, 2.05) is 0 Å². The number of nitrogens with two attached hydrogens (primary N) is 3. The summed E-state index contributed by atoms with van der Waals surface area (Å²) in [5, 5.41) is 73.8. The molecule has 19 unspecified atom stereocenters. The van der Waals surface area contributed by atoms with Crippen LogP contribution in [0.2, 0.25) is 0 Å². The Balaban J connectivity index is 1.50. The van der Waals surface area contributed by atoms with Gasteiger partial charge in [-0.05, 0) is 12.3 Å². The third-order valence-corrected chi connectivity index (χ3v) is 9.13. The van der Waals surface area contributed by atoms with E-state index in [-0.39, 0.29) is 19.0 Å². The Morgan fingerprint density at radius 1 is 0.595 bits per heavy atom. The normalized spacial score (nSPS) is 53.8. The topological polar surface area (TPSA) is 275 Å². The molecule has 3 saturated heterocycles. The van der Waals surface area contributed by atoms with Gasteiger partial charge in [-0.25, -0.2) is 0 Å². The summed E-state index contributed by atoms with van der Waals surface area (Å²) in [5.74, 6) is -1.72. The summed E-state index contributed by atoms with van der Waals surface area (Å²) in [6, 6.07) is -0.652. The smallest absolute Gasteiger partial charge is 0.187 e. The molecule has 3 aliphatic heterocycles. The average molecular weight is 612 g/mol. The van der Waals surface area contributed by atoms with Gasteiger partial charge in [0.1, 0.15) is 54.9 Å². The van der Waals surface area contributed by atoms with Crippen LogP contribution in [0.4, 0.5) is 0 Å². The monoisotopic (exact) mass is 611 g/mol. The highest BCUT2D eigenvalue weighted by molar-refractivity contribution is 4.99. The lowest BCUT2D eigenvalue weighted by molar-refractivity contribution is -0.319. The second kappa shape index (κ2) is 14.2. The summed E-state index contributed by atoms with van der Waals surface area (Å²) in [4.78, 5) is 0. The van der Waals surface area contributed by atoms with Crippen molar-refractivity contribution < 1.29 is 64.2 Å². The average Bonchev–Trinajstić information content (AvgIpc) is 3.27. The van der Waals surface area contributed by atoms with E-state index in [0.29, 0.717) is 6.42 Å². The summed E-state index contributed by atoms with van der Waals surface area (Å²) in [6.45, 7) is 4.28. The maximum absolute atomic E-state index is 11.2. The minimum absolute atomic E-state index is 0.0709. The van der Waals surface area contributed by atoms with Gasteiger partial charge in [-0.3, -0.25) is 0 Å². The zero-order valence-electron chi connectivity index (χ0n) is 24.1. The number of aliphatic hydroxyl groups is 7. The highest BCUT2D eigenvalue weighted by Crippen LogP contribution is 2.37. The molecule has 0 bridgehead atoms. The van der Waals surface area contributed by atoms with Crippen LogP contribution < -0.4 is 17.2 Å². The van der Waals surface area contributed by atoms with Crippen LogP contribution in [0.5, 0.6) is 0 Å². The molecule has 0 aromatic carbocycles. The molecule has 42 heavy (non-hydrogen) atoms. The quantitative estimate of drug-likeness (QED) is 0.117. The Morgan fingerprint density at radius 3 is 1.52 bits per heavy atom. The van der Waals surface area contributed by atoms with Crippen molar-refractivity contribution in [3.8, 4) is 0 Å². The summed E-state index contributed by atoms with van der Waals surface area (Å²) in [5.41, 5.74) is 17.8. The van der Waals surface area contributed by atoms with Crippen molar-refractivity contribution in [1.29, 1.82) is 0 Å². The number of aliphatic hydroxyl groups excluding tert-OH is 7. The van der Waals surface area contributed by atoms with Crippen molar-refractivity contribution in [2.45, 2.75) is 125 Å². The van der Waals surface area contributed by atoms with E-state index in [1.165, 1.54) is 0 Å². The van der Waals surface area contributed by atoms with Crippen LogP contribution in [0, 0.1) is 17.8 Å². The third kappa shape index (κ3) is 6.64. The Hall–Kier alpha value is -0.640. The van der Waals surface area contributed by atoms with Gasteiger partial charge < -0.3 is 81.4 Å². The maximum atomic E-state index is 11.2. The van der Waals surface area contributed by atoms with E-state index >= 15 is 0 Å². The standard InChI is InChI=1S/C26H49N3O13/c1-8-4-11(29)21(40-24-9(2)16(32)18(34)12(5-27)37-24)23(15(8)31)42-26-20(36)22(14(7-30)39-26)41-25-10(3)17(33)19(35)13(6-28)38-25/h8-26,30-36H,4-7,27-29H2,1-3H3. The highest BCUT2D eigenvalue weighted by atomic mass is 16.8. The van der Waals surface area contributed by atoms with Gasteiger partial charge in [-0.2, -0.15) is 0 Å². The molecule has 1 saturated carbocycles. The van der Waals surface area contributed by atoms with Gasteiger partial charge >= 0.3 is 0 Å². The molecule has 19 atom stereocenters. The van der Waals surface area contributed by atoms with E-state index in [0.717, 1.165) is 0 Å². The molecule has 3 heterocycles. The Bertz CT molecular complexity index is 860. The molecule has 13 N–H and O–H groups in total. The summed E-state index contributed by atoms with van der Waals surface area (Å²) in [6.07, 6.45) is -16.8. The Kier molecular flexibility index (Phi) is 11.6. The largest absolute Gasteiger partial charge is 0.394 e. The summed E-state index contributed by atoms with van der Waals surface area (Å²) >= 11 is 0. The second-order valence-corrected chi connectivity index (χ2v) is 12.1. The SMILES string of the molecule is CC1CC(N)C(OC2OC(CN)C(O)C(O)C2C)C(OC2OC(CO)C(OC3OC(CN)C(O)C(O)C3C)C2O)C1O. The maximum Gasteiger partial charge on any atom is 0.187 e. The van der Waals surface area contributed by atoms with E-state index in [2.05, 4.69) is 0 Å². The van der Waals surface area contributed by atoms with Crippen LogP contribution >= 0.6 is 0 Å². The van der Waals surface area contributed by atoms with Gasteiger partial charge in [0, 0.05) is 31.0 Å². The van der Waals surface area contributed by atoms with E-state index in [4.69, 9.17) is 45.6 Å². The molecular weight excluding hydrogens is 562 g/mol. The fourth-order valence-electron chi connectivity index (χ4n) is 6.24. The molecule has 16 nitrogen and oxygen atoms in total. The molecule has 4 rings (SSSR count). The fourth-order valence-corrected chi connectivity index (χ4v) is 6.24. The van der Waals surface area contributed by atoms with Crippen LogP contribution in [-0.2, 0) is 28.4 Å². The fraction of sp³-hybridized carbons (Fsp3) is 1.00. The van der Waals surface area contributed by atoms with Crippen molar-refractivity contribution in [2.24, 2.45) is 35.0 Å². The van der Waals surface area contributed by atoms with Crippen LogP contribution in [0.25, 0.3) is 0 Å². The van der Waals surface area contributed by atoms with Gasteiger partial charge in [0.2, 0.25) is 0 Å². The lowest BCUT2D eigenvalue weighted by atomic mass is 9.80. The van der Waals surface area contributed by atoms with E-state index in [1.54, 1.807) is 20.8 Å². The Morgan fingerprint density at radius 2 is 1.05 bits per heavy atom.